The topological polar surface area (TPSA) is 111 Å². The molecule has 358 valence electrons. The summed E-state index contributed by atoms with van der Waals surface area (Å²) >= 11 is 0. The van der Waals surface area contributed by atoms with E-state index >= 15 is 0 Å². The molecule has 0 aliphatic heterocycles. The van der Waals surface area contributed by atoms with E-state index in [1.165, 1.54) is 96.3 Å². The maximum atomic E-state index is 13.4. The first kappa shape index (κ1) is 59.2. The van der Waals surface area contributed by atoms with Crippen molar-refractivity contribution in [2.45, 2.75) is 238 Å². The lowest BCUT2D eigenvalue weighted by Gasteiger charge is -2.27. The number of phosphoric acid groups is 1. The van der Waals surface area contributed by atoms with Crippen molar-refractivity contribution in [2.75, 3.05) is 40.9 Å². The summed E-state index contributed by atoms with van der Waals surface area (Å²) < 4.78 is 30.4. The Hall–Kier alpha value is -1.77. The summed E-state index contributed by atoms with van der Waals surface area (Å²) in [4.78, 5) is 37.3. The van der Waals surface area contributed by atoms with E-state index in [0.29, 0.717) is 17.4 Å². The second-order valence-corrected chi connectivity index (χ2v) is 19.8. The fourth-order valence-corrected chi connectivity index (χ4v) is 7.77. The highest BCUT2D eigenvalue weighted by Gasteiger charge is 2.30. The summed E-state index contributed by atoms with van der Waals surface area (Å²) in [5.41, 5.74) is 0. The number of carbonyl (C=O) groups excluding carboxylic acids is 2. The van der Waals surface area contributed by atoms with Crippen LogP contribution in [0.2, 0.25) is 0 Å². The summed E-state index contributed by atoms with van der Waals surface area (Å²) in [6.45, 7) is 6.92. The van der Waals surface area contributed by atoms with E-state index in [0.717, 1.165) is 96.3 Å². The van der Waals surface area contributed by atoms with Crippen molar-refractivity contribution >= 4 is 19.7 Å². The number of allylic oxidation sites excluding steroid dienone is 5. The van der Waals surface area contributed by atoms with E-state index in [9.17, 15) is 19.0 Å². The molecule has 1 amide bonds. The van der Waals surface area contributed by atoms with Gasteiger partial charge in [0.2, 0.25) is 5.91 Å². The second-order valence-electron chi connectivity index (χ2n) is 18.3. The molecule has 9 nitrogen and oxygen atoms in total. The van der Waals surface area contributed by atoms with Gasteiger partial charge in [-0.05, 0) is 76.7 Å². The lowest BCUT2D eigenvalue weighted by Crippen LogP contribution is -2.47. The molecule has 0 saturated heterocycles. The van der Waals surface area contributed by atoms with Crippen LogP contribution in [0.4, 0.5) is 0 Å². The molecule has 10 heteroatoms. The van der Waals surface area contributed by atoms with E-state index in [-0.39, 0.29) is 31.5 Å². The smallest absolute Gasteiger partial charge is 0.456 e. The van der Waals surface area contributed by atoms with Gasteiger partial charge in [0.05, 0.1) is 33.8 Å². The molecule has 2 N–H and O–H groups in total. The number of nitrogens with one attached hydrogen (secondary N) is 1. The van der Waals surface area contributed by atoms with Crippen LogP contribution >= 0.6 is 7.82 Å². The van der Waals surface area contributed by atoms with Gasteiger partial charge in [0, 0.05) is 12.8 Å². The maximum Gasteiger partial charge on any atom is 0.472 e. The molecule has 0 aromatic carbocycles. The number of amides is 1. The Labute approximate surface area is 376 Å². The highest BCUT2D eigenvalue weighted by molar-refractivity contribution is 7.47. The average molecular weight is 882 g/mol. The predicted octanol–water partition coefficient (Wildman–Crippen LogP) is 14.4. The number of esters is 1. The lowest BCUT2D eigenvalue weighted by molar-refractivity contribution is -0.870. The van der Waals surface area contributed by atoms with E-state index < -0.39 is 20.0 Å². The summed E-state index contributed by atoms with van der Waals surface area (Å²) in [5.74, 6) is -0.536. The van der Waals surface area contributed by atoms with E-state index in [1.807, 2.05) is 33.3 Å². The summed E-state index contributed by atoms with van der Waals surface area (Å²) in [5, 5.41) is 3.02. The number of carbonyl (C=O) groups is 2. The second kappa shape index (κ2) is 42.2. The monoisotopic (exact) mass is 882 g/mol. The standard InChI is InChI=1S/C51H97N2O7P/c1-7-10-13-16-19-22-25-26-29-31-34-37-40-43-50(54)52-48(47-59-61(56,57)58-46-45-53(4,5)6)49(42-39-36-33-30-27-23-20-17-14-11-8-2)60-51(55)44-41-38-35-32-28-24-21-18-15-12-9-3/h18,21,26,29,39,42,48-49H,7-17,19-20,22-25,27-28,30-38,40-41,43-47H2,1-6H3,(H-,52,54,56,57)/p+1/b21-18-,29-26-,42-39+. The zero-order chi connectivity index (χ0) is 45.1. The Kier molecular flexibility index (Phi) is 41.0. The molecule has 0 aliphatic carbocycles. The van der Waals surface area contributed by atoms with Crippen LogP contribution in [0.5, 0.6) is 0 Å². The molecule has 3 unspecified atom stereocenters. The minimum absolute atomic E-state index is 0.0370. The van der Waals surface area contributed by atoms with Gasteiger partial charge in [0.15, 0.2) is 0 Å². The molecule has 3 atom stereocenters. The Morgan fingerprint density at radius 2 is 0.967 bits per heavy atom. The van der Waals surface area contributed by atoms with E-state index in [1.54, 1.807) is 0 Å². The number of hydrogen-bond donors (Lipinski definition) is 2. The number of rotatable bonds is 45. The van der Waals surface area contributed by atoms with E-state index in [2.05, 4.69) is 50.4 Å². The van der Waals surface area contributed by atoms with Gasteiger partial charge < -0.3 is 19.4 Å². The van der Waals surface area contributed by atoms with Crippen LogP contribution in [-0.4, -0.2) is 74.3 Å². The highest BCUT2D eigenvalue weighted by atomic mass is 31.2. The first-order valence-electron chi connectivity index (χ1n) is 25.3. The number of ether oxygens (including phenoxy) is 1. The zero-order valence-electron chi connectivity index (χ0n) is 40.7. The first-order valence-corrected chi connectivity index (χ1v) is 26.8. The molecule has 0 aliphatic rings. The van der Waals surface area contributed by atoms with Crippen molar-refractivity contribution in [3.05, 3.63) is 36.5 Å². The third kappa shape index (κ3) is 43.3. The Balaban J connectivity index is 5.47. The van der Waals surface area contributed by atoms with Gasteiger partial charge in [-0.3, -0.25) is 18.6 Å². The average Bonchev–Trinajstić information content (AvgIpc) is 3.21. The highest BCUT2D eigenvalue weighted by Crippen LogP contribution is 2.43. The van der Waals surface area contributed by atoms with Crippen molar-refractivity contribution in [1.29, 1.82) is 0 Å². The van der Waals surface area contributed by atoms with Crippen molar-refractivity contribution < 1.29 is 37.3 Å². The van der Waals surface area contributed by atoms with Crippen LogP contribution in [0.3, 0.4) is 0 Å². The molecule has 0 heterocycles. The van der Waals surface area contributed by atoms with Gasteiger partial charge in [0.25, 0.3) is 0 Å². The fraction of sp³-hybridized carbons (Fsp3) is 0.843. The minimum Gasteiger partial charge on any atom is -0.456 e. The van der Waals surface area contributed by atoms with Crippen LogP contribution in [-0.2, 0) is 27.9 Å². The van der Waals surface area contributed by atoms with Crippen molar-refractivity contribution in [1.82, 2.24) is 5.32 Å². The molecule has 0 rings (SSSR count). The van der Waals surface area contributed by atoms with Crippen molar-refractivity contribution in [2.24, 2.45) is 0 Å². The molecule has 0 saturated carbocycles. The van der Waals surface area contributed by atoms with Gasteiger partial charge in [-0.2, -0.15) is 0 Å². The van der Waals surface area contributed by atoms with Gasteiger partial charge in [0.1, 0.15) is 19.3 Å². The van der Waals surface area contributed by atoms with Crippen LogP contribution in [0.1, 0.15) is 226 Å². The van der Waals surface area contributed by atoms with Crippen LogP contribution in [0.15, 0.2) is 36.5 Å². The molecule has 0 radical (unpaired) electrons. The number of nitrogens with zero attached hydrogens (tertiary/aromatic N) is 1. The Bertz CT molecular complexity index is 1150. The molecular formula is C51H98N2O7P+. The van der Waals surface area contributed by atoms with E-state index in [4.69, 9.17) is 13.8 Å². The number of likely N-dealkylation sites (N-methyl/N-ethyl adjacent to an activating group) is 1. The van der Waals surface area contributed by atoms with Gasteiger partial charge in [-0.15, -0.1) is 0 Å². The van der Waals surface area contributed by atoms with Gasteiger partial charge >= 0.3 is 13.8 Å². The Morgan fingerprint density at radius 1 is 0.557 bits per heavy atom. The zero-order valence-corrected chi connectivity index (χ0v) is 41.6. The number of phosphoric ester groups is 1. The molecule has 61 heavy (non-hydrogen) atoms. The maximum absolute atomic E-state index is 13.4. The summed E-state index contributed by atoms with van der Waals surface area (Å²) in [6, 6.07) is -0.853. The third-order valence-electron chi connectivity index (χ3n) is 11.1. The SMILES string of the molecule is CCCC/C=C\CCCCCCCC(=O)OC(/C=C/CCCCCCCCCCC)C(COP(=O)(O)OCC[N+](C)(C)C)NC(=O)CCCCC/C=C\CCCCCCCC. The fourth-order valence-electron chi connectivity index (χ4n) is 7.03. The summed E-state index contributed by atoms with van der Waals surface area (Å²) in [6.07, 6.45) is 47.1. The van der Waals surface area contributed by atoms with Crippen LogP contribution < -0.4 is 5.32 Å². The quantitative estimate of drug-likeness (QED) is 0.0206. The lowest BCUT2D eigenvalue weighted by atomic mass is 10.1. The molecule has 0 aromatic rings. The minimum atomic E-state index is -4.44. The molecule has 0 spiro atoms. The van der Waals surface area contributed by atoms with Crippen LogP contribution in [0, 0.1) is 0 Å². The van der Waals surface area contributed by atoms with Crippen LogP contribution in [0.25, 0.3) is 0 Å². The third-order valence-corrected chi connectivity index (χ3v) is 12.0. The number of quaternary nitrogens is 1. The number of unbranched alkanes of at least 4 members (excludes halogenated alkanes) is 25. The molecule has 0 fully saturated rings. The largest absolute Gasteiger partial charge is 0.472 e. The summed E-state index contributed by atoms with van der Waals surface area (Å²) in [7, 11) is 1.48. The molecule has 0 bridgehead atoms. The Morgan fingerprint density at radius 3 is 1.46 bits per heavy atom. The molecular weight excluding hydrogens is 784 g/mol. The molecule has 0 aromatic heterocycles. The van der Waals surface area contributed by atoms with Crippen molar-refractivity contribution in [3.63, 3.8) is 0 Å². The van der Waals surface area contributed by atoms with Gasteiger partial charge in [-0.25, -0.2) is 4.57 Å². The van der Waals surface area contributed by atoms with Crippen molar-refractivity contribution in [3.8, 4) is 0 Å². The van der Waals surface area contributed by atoms with Gasteiger partial charge in [-0.1, -0.05) is 173 Å². The predicted molar refractivity (Wildman–Crippen MR) is 259 cm³/mol. The number of hydrogen-bond acceptors (Lipinski definition) is 6. The first-order chi connectivity index (χ1) is 29.4. The normalized spacial score (nSPS) is 14.3.